The highest BCUT2D eigenvalue weighted by atomic mass is 14.2. The van der Waals surface area contributed by atoms with E-state index in [0.29, 0.717) is 0 Å². The predicted molar refractivity (Wildman–Crippen MR) is 190 cm³/mol. The number of hydrogen-bond acceptors (Lipinski definition) is 0. The molecule has 0 spiro atoms. The minimum absolute atomic E-state index is 1.25. The third kappa shape index (κ3) is 6.90. The van der Waals surface area contributed by atoms with Gasteiger partial charge in [0, 0.05) is 0 Å². The molecule has 0 N–H and O–H groups in total. The van der Waals surface area contributed by atoms with Crippen molar-refractivity contribution in [3.8, 4) is 0 Å². The van der Waals surface area contributed by atoms with E-state index < -0.39 is 0 Å². The van der Waals surface area contributed by atoms with Crippen LogP contribution in [0.1, 0.15) is 153 Å². The Morgan fingerprint density at radius 2 is 0.476 bits per heavy atom. The van der Waals surface area contributed by atoms with Gasteiger partial charge in [-0.3, -0.25) is 0 Å². The van der Waals surface area contributed by atoms with Crippen LogP contribution in [0.4, 0.5) is 0 Å². The molecule has 42 heavy (non-hydrogen) atoms. The molecule has 0 aliphatic heterocycles. The molecule has 0 radical (unpaired) electrons. The number of unbranched alkanes of at least 4 members (excludes halogenated alkanes) is 12. The fraction of sp³-hybridized carbons (Fsp3) is 0.571. The minimum atomic E-state index is 1.25. The molecule has 0 amide bonds. The lowest BCUT2D eigenvalue weighted by atomic mass is 9.82. The van der Waals surface area contributed by atoms with Gasteiger partial charge in [0.1, 0.15) is 0 Å². The van der Waals surface area contributed by atoms with Gasteiger partial charge in [-0.05, 0) is 129 Å². The van der Waals surface area contributed by atoms with E-state index in [2.05, 4.69) is 64.1 Å². The van der Waals surface area contributed by atoms with Gasteiger partial charge in [-0.2, -0.15) is 0 Å². The Balaban J connectivity index is 1.48. The first-order valence-electron chi connectivity index (χ1n) is 18.2. The first-order chi connectivity index (χ1) is 20.7. The van der Waals surface area contributed by atoms with Crippen molar-refractivity contribution in [2.24, 2.45) is 0 Å². The van der Waals surface area contributed by atoms with Gasteiger partial charge in [0.25, 0.3) is 0 Å². The number of benzene rings is 3. The van der Waals surface area contributed by atoms with Gasteiger partial charge in [0.05, 0.1) is 0 Å². The average molecular weight is 563 g/mol. The van der Waals surface area contributed by atoms with E-state index in [4.69, 9.17) is 0 Å². The highest BCUT2D eigenvalue weighted by molar-refractivity contribution is 6.35. The van der Waals surface area contributed by atoms with E-state index in [9.17, 15) is 0 Å². The quantitative estimate of drug-likeness (QED) is 0.0827. The van der Waals surface area contributed by atoms with Crippen molar-refractivity contribution in [3.63, 3.8) is 0 Å². The molecule has 0 aliphatic carbocycles. The van der Waals surface area contributed by atoms with Crippen LogP contribution in [0.25, 0.3) is 43.1 Å². The Morgan fingerprint density at radius 1 is 0.262 bits per heavy atom. The van der Waals surface area contributed by atoms with Crippen LogP contribution in [0.5, 0.6) is 0 Å². The van der Waals surface area contributed by atoms with E-state index in [1.54, 1.807) is 22.3 Å². The maximum absolute atomic E-state index is 2.60. The van der Waals surface area contributed by atoms with Gasteiger partial charge in [-0.15, -0.1) is 0 Å². The van der Waals surface area contributed by atoms with Gasteiger partial charge >= 0.3 is 0 Å². The van der Waals surface area contributed by atoms with Gasteiger partial charge in [0.2, 0.25) is 0 Å². The van der Waals surface area contributed by atoms with Crippen molar-refractivity contribution in [2.75, 3.05) is 0 Å². The second-order valence-corrected chi connectivity index (χ2v) is 13.5. The van der Waals surface area contributed by atoms with E-state index in [-0.39, 0.29) is 0 Å². The Kier molecular flexibility index (Phi) is 11.4. The lowest BCUT2D eigenvalue weighted by Crippen LogP contribution is -2.00. The lowest BCUT2D eigenvalue weighted by molar-refractivity contribution is 0.651. The highest BCUT2D eigenvalue weighted by Crippen LogP contribution is 2.45. The monoisotopic (exact) mass is 562 g/mol. The molecule has 0 heterocycles. The Morgan fingerprint density at radius 3 is 0.690 bits per heavy atom. The van der Waals surface area contributed by atoms with Crippen LogP contribution in [0.2, 0.25) is 0 Å². The molecule has 0 heteroatoms. The molecule has 5 rings (SSSR count). The Bertz CT molecular complexity index is 1290. The van der Waals surface area contributed by atoms with Crippen LogP contribution in [0.3, 0.4) is 0 Å². The molecule has 0 aromatic heterocycles. The normalized spacial score (nSPS) is 12.3. The minimum Gasteiger partial charge on any atom is -0.0654 e. The summed E-state index contributed by atoms with van der Waals surface area (Å²) in [6.45, 7) is 9.27. The molecule has 5 aromatic carbocycles. The van der Waals surface area contributed by atoms with E-state index >= 15 is 0 Å². The van der Waals surface area contributed by atoms with Crippen LogP contribution < -0.4 is 0 Å². The molecule has 0 fully saturated rings. The van der Waals surface area contributed by atoms with Crippen LogP contribution in [0, 0.1) is 0 Å². The molecular formula is C42H58. The maximum Gasteiger partial charge on any atom is -0.00922 e. The molecule has 0 unspecified atom stereocenters. The summed E-state index contributed by atoms with van der Waals surface area (Å²) in [6, 6.07) is 15.5. The zero-order valence-corrected chi connectivity index (χ0v) is 27.6. The number of hydrogen-bond donors (Lipinski definition) is 0. The largest absolute Gasteiger partial charge is 0.0654 e. The maximum atomic E-state index is 2.60. The van der Waals surface area contributed by atoms with Crippen molar-refractivity contribution in [3.05, 3.63) is 58.7 Å². The molecule has 0 nitrogen and oxygen atoms in total. The third-order valence-corrected chi connectivity index (χ3v) is 10.2. The average Bonchev–Trinajstić information content (AvgIpc) is 3.00. The molecule has 0 bridgehead atoms. The summed E-state index contributed by atoms with van der Waals surface area (Å²) in [6.07, 6.45) is 26.5. The molecular weight excluding hydrogens is 504 g/mol. The molecule has 0 aliphatic rings. The van der Waals surface area contributed by atoms with Crippen molar-refractivity contribution in [1.82, 2.24) is 0 Å². The molecule has 0 saturated carbocycles. The summed E-state index contributed by atoms with van der Waals surface area (Å²) in [5.74, 6) is 0. The van der Waals surface area contributed by atoms with Gasteiger partial charge in [0.15, 0.2) is 0 Å². The second-order valence-electron chi connectivity index (χ2n) is 13.5. The van der Waals surface area contributed by atoms with E-state index in [0.717, 1.165) is 0 Å². The zero-order chi connectivity index (χ0) is 29.3. The van der Waals surface area contributed by atoms with Gasteiger partial charge in [-0.1, -0.05) is 129 Å². The van der Waals surface area contributed by atoms with Crippen molar-refractivity contribution >= 4 is 43.1 Å². The summed E-state index contributed by atoms with van der Waals surface area (Å²) in [5, 5.41) is 12.1. The predicted octanol–water partition coefficient (Wildman–Crippen LogP) is 13.7. The van der Waals surface area contributed by atoms with E-state index in [1.165, 1.54) is 172 Å². The lowest BCUT2D eigenvalue weighted by Gasteiger charge is -2.22. The topological polar surface area (TPSA) is 0 Å². The zero-order valence-electron chi connectivity index (χ0n) is 27.6. The SMILES string of the molecule is CCCCCCc1cc2c(cc1CCCCCC)c1cc3c4cc(CCCCCC)c(CCCCCC)cc4c3cc21. The van der Waals surface area contributed by atoms with Crippen LogP contribution in [-0.2, 0) is 25.7 Å². The van der Waals surface area contributed by atoms with Crippen molar-refractivity contribution in [2.45, 2.75) is 156 Å². The summed E-state index contributed by atoms with van der Waals surface area (Å²) >= 11 is 0. The van der Waals surface area contributed by atoms with Crippen LogP contribution in [-0.4, -0.2) is 0 Å². The first-order valence-corrected chi connectivity index (χ1v) is 18.2. The highest BCUT2D eigenvalue weighted by Gasteiger charge is 2.20. The molecule has 0 atom stereocenters. The molecule has 226 valence electrons. The Labute approximate surface area is 257 Å². The van der Waals surface area contributed by atoms with Gasteiger partial charge in [-0.25, -0.2) is 0 Å². The van der Waals surface area contributed by atoms with Gasteiger partial charge < -0.3 is 0 Å². The number of aryl methyl sites for hydroxylation is 4. The van der Waals surface area contributed by atoms with E-state index in [1.807, 2.05) is 0 Å². The van der Waals surface area contributed by atoms with Crippen LogP contribution >= 0.6 is 0 Å². The number of rotatable bonds is 20. The molecule has 5 aromatic rings. The summed E-state index contributed by atoms with van der Waals surface area (Å²) in [4.78, 5) is 0. The fourth-order valence-corrected chi connectivity index (χ4v) is 7.54. The fourth-order valence-electron chi connectivity index (χ4n) is 7.54. The summed E-state index contributed by atoms with van der Waals surface area (Å²) in [7, 11) is 0. The molecule has 0 saturated heterocycles. The van der Waals surface area contributed by atoms with Crippen LogP contribution in [0.15, 0.2) is 36.4 Å². The number of fused-ring (bicyclic) bond motifs is 8. The smallest absolute Gasteiger partial charge is 0.00922 e. The summed E-state index contributed by atoms with van der Waals surface area (Å²) in [5.41, 5.74) is 6.55. The summed E-state index contributed by atoms with van der Waals surface area (Å²) < 4.78 is 0. The first kappa shape index (κ1) is 31.1. The van der Waals surface area contributed by atoms with Crippen molar-refractivity contribution < 1.29 is 0 Å². The third-order valence-electron chi connectivity index (χ3n) is 10.2. The standard InChI is InChI=1S/C42H58/c1-5-9-13-17-21-31-25-35-36(26-32(31)22-18-14-10-6-2)40-30-42-38-28-34(24-20-16-12-8-4)33(23-19-15-11-7-3)27-37(38)41(42)29-39(35)40/h25-30H,5-24H2,1-4H3. The Hall–Kier alpha value is -2.34. The van der Waals surface area contributed by atoms with Crippen molar-refractivity contribution in [1.29, 1.82) is 0 Å². The second kappa shape index (κ2) is 15.4.